The Labute approximate surface area is 131 Å². The van der Waals surface area contributed by atoms with E-state index in [1.54, 1.807) is 0 Å². The van der Waals surface area contributed by atoms with Crippen LogP contribution >= 0.6 is 0 Å². The number of nitrogens with one attached hydrogen (secondary N) is 1. The van der Waals surface area contributed by atoms with Crippen LogP contribution in [0.15, 0.2) is 48.5 Å². The fourth-order valence-electron chi connectivity index (χ4n) is 1.97. The van der Waals surface area contributed by atoms with E-state index in [1.165, 1.54) is 0 Å². The summed E-state index contributed by atoms with van der Waals surface area (Å²) >= 11 is 0. The van der Waals surface area contributed by atoms with Gasteiger partial charge in [0, 0.05) is 0 Å². The van der Waals surface area contributed by atoms with Gasteiger partial charge in [0.05, 0.1) is 11.8 Å². The van der Waals surface area contributed by atoms with Crippen molar-refractivity contribution in [2.45, 2.75) is 26.9 Å². The van der Waals surface area contributed by atoms with Gasteiger partial charge < -0.3 is 14.8 Å². The SMILES string of the molecule is Cc1ccccc1OCC(=O)Nc1ccccc1OC(C)C. The van der Waals surface area contributed by atoms with Crippen molar-refractivity contribution in [3.05, 3.63) is 54.1 Å². The average Bonchev–Trinajstić information content (AvgIpc) is 2.48. The van der Waals surface area contributed by atoms with Crippen molar-refractivity contribution < 1.29 is 14.3 Å². The fourth-order valence-corrected chi connectivity index (χ4v) is 1.97. The molecule has 0 aliphatic carbocycles. The van der Waals surface area contributed by atoms with Crippen molar-refractivity contribution in [1.29, 1.82) is 0 Å². The third-order valence-corrected chi connectivity index (χ3v) is 2.98. The summed E-state index contributed by atoms with van der Waals surface area (Å²) in [6.07, 6.45) is 0.0428. The van der Waals surface area contributed by atoms with Crippen LogP contribution < -0.4 is 14.8 Å². The minimum Gasteiger partial charge on any atom is -0.489 e. The molecule has 1 amide bonds. The molecule has 0 aliphatic rings. The topological polar surface area (TPSA) is 47.6 Å². The maximum Gasteiger partial charge on any atom is 0.262 e. The third kappa shape index (κ3) is 4.52. The number of amides is 1. The second-order valence-electron chi connectivity index (χ2n) is 5.27. The number of carbonyl (C=O) groups excluding carboxylic acids is 1. The highest BCUT2D eigenvalue weighted by atomic mass is 16.5. The molecule has 1 N–H and O–H groups in total. The molecule has 0 saturated heterocycles. The summed E-state index contributed by atoms with van der Waals surface area (Å²) < 4.78 is 11.2. The number of hydrogen-bond acceptors (Lipinski definition) is 3. The number of ether oxygens (including phenoxy) is 2. The molecule has 22 heavy (non-hydrogen) atoms. The molecule has 0 radical (unpaired) electrons. The number of carbonyl (C=O) groups is 1. The van der Waals surface area contributed by atoms with Crippen LogP contribution in [-0.4, -0.2) is 18.6 Å². The smallest absolute Gasteiger partial charge is 0.262 e. The van der Waals surface area contributed by atoms with Gasteiger partial charge in [0.15, 0.2) is 6.61 Å². The minimum atomic E-state index is -0.219. The largest absolute Gasteiger partial charge is 0.489 e. The minimum absolute atomic E-state index is 0.0408. The Morgan fingerprint density at radius 3 is 2.36 bits per heavy atom. The van der Waals surface area contributed by atoms with Gasteiger partial charge in [0.1, 0.15) is 11.5 Å². The lowest BCUT2D eigenvalue weighted by molar-refractivity contribution is -0.118. The van der Waals surface area contributed by atoms with E-state index in [-0.39, 0.29) is 18.6 Å². The zero-order valence-electron chi connectivity index (χ0n) is 13.1. The van der Waals surface area contributed by atoms with E-state index in [1.807, 2.05) is 69.3 Å². The van der Waals surface area contributed by atoms with Gasteiger partial charge in [-0.25, -0.2) is 0 Å². The summed E-state index contributed by atoms with van der Waals surface area (Å²) in [4.78, 5) is 12.0. The van der Waals surface area contributed by atoms with Crippen molar-refractivity contribution >= 4 is 11.6 Å². The van der Waals surface area contributed by atoms with Gasteiger partial charge in [-0.05, 0) is 44.5 Å². The van der Waals surface area contributed by atoms with Crippen LogP contribution in [0.25, 0.3) is 0 Å². The van der Waals surface area contributed by atoms with Crippen molar-refractivity contribution in [2.75, 3.05) is 11.9 Å². The summed E-state index contributed by atoms with van der Waals surface area (Å²) in [7, 11) is 0. The first-order valence-electron chi connectivity index (χ1n) is 7.30. The average molecular weight is 299 g/mol. The standard InChI is InChI=1S/C18H21NO3/c1-13(2)22-17-11-7-5-9-15(17)19-18(20)12-21-16-10-6-4-8-14(16)3/h4-11,13H,12H2,1-3H3,(H,19,20). The van der Waals surface area contributed by atoms with Crippen molar-refractivity contribution in [3.63, 3.8) is 0 Å². The van der Waals surface area contributed by atoms with Crippen LogP contribution in [0.5, 0.6) is 11.5 Å². The van der Waals surface area contributed by atoms with Crippen LogP contribution in [0.4, 0.5) is 5.69 Å². The predicted octanol–water partition coefficient (Wildman–Crippen LogP) is 3.80. The van der Waals surface area contributed by atoms with Gasteiger partial charge in [-0.2, -0.15) is 0 Å². The number of benzene rings is 2. The predicted molar refractivity (Wildman–Crippen MR) is 87.5 cm³/mol. The van der Waals surface area contributed by atoms with Gasteiger partial charge in [-0.15, -0.1) is 0 Å². The highest BCUT2D eigenvalue weighted by Crippen LogP contribution is 2.25. The van der Waals surface area contributed by atoms with Crippen LogP contribution in [0, 0.1) is 6.92 Å². The van der Waals surface area contributed by atoms with Crippen molar-refractivity contribution in [2.24, 2.45) is 0 Å². The van der Waals surface area contributed by atoms with Crippen LogP contribution in [0.1, 0.15) is 19.4 Å². The van der Waals surface area contributed by atoms with Gasteiger partial charge in [-0.1, -0.05) is 30.3 Å². The molecule has 0 spiro atoms. The van der Waals surface area contributed by atoms with E-state index in [4.69, 9.17) is 9.47 Å². The van der Waals surface area contributed by atoms with Crippen LogP contribution in [0.2, 0.25) is 0 Å². The molecule has 0 fully saturated rings. The first-order valence-corrected chi connectivity index (χ1v) is 7.30. The molecule has 0 aliphatic heterocycles. The van der Waals surface area contributed by atoms with Gasteiger partial charge in [-0.3, -0.25) is 4.79 Å². The normalized spacial score (nSPS) is 10.4. The summed E-state index contributed by atoms with van der Waals surface area (Å²) in [5.41, 5.74) is 1.65. The monoisotopic (exact) mass is 299 g/mol. The molecule has 4 nitrogen and oxygen atoms in total. The Morgan fingerprint density at radius 2 is 1.68 bits per heavy atom. The maximum absolute atomic E-state index is 12.0. The van der Waals surface area contributed by atoms with Crippen molar-refractivity contribution in [1.82, 2.24) is 0 Å². The molecule has 0 saturated carbocycles. The molecule has 0 atom stereocenters. The maximum atomic E-state index is 12.0. The molecule has 2 aromatic carbocycles. The van der Waals surface area contributed by atoms with E-state index in [0.29, 0.717) is 17.2 Å². The van der Waals surface area contributed by atoms with Gasteiger partial charge in [0.25, 0.3) is 5.91 Å². The lowest BCUT2D eigenvalue weighted by Gasteiger charge is -2.15. The fraction of sp³-hybridized carbons (Fsp3) is 0.278. The van der Waals surface area contributed by atoms with Crippen LogP contribution in [0.3, 0.4) is 0 Å². The Bertz CT molecular complexity index is 638. The second kappa shape index (κ2) is 7.50. The highest BCUT2D eigenvalue weighted by molar-refractivity contribution is 5.93. The number of hydrogen-bond donors (Lipinski definition) is 1. The number of para-hydroxylation sites is 3. The third-order valence-electron chi connectivity index (χ3n) is 2.98. The summed E-state index contributed by atoms with van der Waals surface area (Å²) in [6, 6.07) is 15.0. The van der Waals surface area contributed by atoms with E-state index < -0.39 is 0 Å². The van der Waals surface area contributed by atoms with Gasteiger partial charge in [0.2, 0.25) is 0 Å². The molecule has 0 aromatic heterocycles. The zero-order valence-corrected chi connectivity index (χ0v) is 13.1. The summed E-state index contributed by atoms with van der Waals surface area (Å²) in [5.74, 6) is 1.15. The second-order valence-corrected chi connectivity index (χ2v) is 5.27. The molecule has 0 heterocycles. The molecule has 0 bridgehead atoms. The molecule has 116 valence electrons. The summed E-state index contributed by atoms with van der Waals surface area (Å²) in [5, 5.41) is 2.82. The quantitative estimate of drug-likeness (QED) is 0.882. The van der Waals surface area contributed by atoms with E-state index in [2.05, 4.69) is 5.32 Å². The zero-order chi connectivity index (χ0) is 15.9. The van der Waals surface area contributed by atoms with E-state index in [0.717, 1.165) is 5.56 Å². The van der Waals surface area contributed by atoms with E-state index in [9.17, 15) is 4.79 Å². The highest BCUT2D eigenvalue weighted by Gasteiger charge is 2.09. The number of anilines is 1. The summed E-state index contributed by atoms with van der Waals surface area (Å²) in [6.45, 7) is 5.79. The molecule has 0 unspecified atom stereocenters. The molecule has 2 aromatic rings. The molecule has 4 heteroatoms. The number of rotatable bonds is 6. The number of aryl methyl sites for hydroxylation is 1. The Hall–Kier alpha value is -2.49. The first kappa shape index (κ1) is 15.9. The van der Waals surface area contributed by atoms with Crippen molar-refractivity contribution in [3.8, 4) is 11.5 Å². The van der Waals surface area contributed by atoms with E-state index >= 15 is 0 Å². The first-order chi connectivity index (χ1) is 10.6. The molecule has 2 rings (SSSR count). The van der Waals surface area contributed by atoms with Crippen LogP contribution in [-0.2, 0) is 4.79 Å². The Kier molecular flexibility index (Phi) is 5.42. The van der Waals surface area contributed by atoms with Gasteiger partial charge >= 0.3 is 0 Å². The molecular weight excluding hydrogens is 278 g/mol. The Morgan fingerprint density at radius 1 is 1.05 bits per heavy atom. The molecular formula is C18H21NO3. The lowest BCUT2D eigenvalue weighted by atomic mass is 10.2. The lowest BCUT2D eigenvalue weighted by Crippen LogP contribution is -2.21. The Balaban J connectivity index is 1.96.